The number of alkyl carbamates (subject to hydrolysis) is 1. The number of sulfone groups is 1. The lowest BCUT2D eigenvalue weighted by molar-refractivity contribution is -0.111. The summed E-state index contributed by atoms with van der Waals surface area (Å²) in [6, 6.07) is 14.3. The highest BCUT2D eigenvalue weighted by atomic mass is 32.2. The summed E-state index contributed by atoms with van der Waals surface area (Å²) in [5, 5.41) is 5.62. The van der Waals surface area contributed by atoms with Crippen LogP contribution >= 0.6 is 0 Å². The molecule has 7 rings (SSSR count). The maximum absolute atomic E-state index is 16.3. The van der Waals surface area contributed by atoms with E-state index < -0.39 is 38.7 Å². The molecule has 0 spiro atoms. The third-order valence-corrected chi connectivity index (χ3v) is 14.5. The number of methoxy groups -OCH3 is 2. The molecule has 3 aromatic rings. The number of nitrogens with zero attached hydrogens (tertiary/aromatic N) is 3. The minimum atomic E-state index is -4.20. The van der Waals surface area contributed by atoms with Crippen LogP contribution < -0.4 is 20.3 Å². The van der Waals surface area contributed by atoms with Gasteiger partial charge in [0.2, 0.25) is 15.7 Å². The molecule has 0 unspecified atom stereocenters. The van der Waals surface area contributed by atoms with E-state index in [-0.39, 0.29) is 70.2 Å². The van der Waals surface area contributed by atoms with E-state index in [9.17, 15) is 18.0 Å². The highest BCUT2D eigenvalue weighted by molar-refractivity contribution is 7.91. The Hall–Kier alpha value is -4.60. The van der Waals surface area contributed by atoms with Gasteiger partial charge < -0.3 is 29.9 Å². The van der Waals surface area contributed by atoms with E-state index in [4.69, 9.17) is 9.47 Å². The molecule has 2 amide bonds. The number of amides is 2. The Labute approximate surface area is 338 Å². The molecule has 1 aliphatic carbocycles. The molecule has 0 bridgehead atoms. The van der Waals surface area contributed by atoms with Gasteiger partial charge in [0.25, 0.3) is 0 Å². The van der Waals surface area contributed by atoms with Crippen molar-refractivity contribution in [1.82, 2.24) is 15.1 Å². The van der Waals surface area contributed by atoms with E-state index in [2.05, 4.69) is 27.0 Å². The van der Waals surface area contributed by atoms with Gasteiger partial charge in [-0.15, -0.1) is 0 Å². The predicted octanol–water partition coefficient (Wildman–Crippen LogP) is 6.34. The fourth-order valence-electron chi connectivity index (χ4n) is 9.84. The van der Waals surface area contributed by atoms with E-state index in [1.165, 1.54) is 50.6 Å². The molecule has 3 heterocycles. The third-order valence-electron chi connectivity index (χ3n) is 12.7. The Morgan fingerprint density at radius 1 is 0.931 bits per heavy atom. The first-order valence-electron chi connectivity index (χ1n) is 19.9. The Bertz CT molecular complexity index is 2120. The fraction of sp³-hybridized carbons (Fsp3) is 0.488. The lowest BCUT2D eigenvalue weighted by Crippen LogP contribution is -2.65. The molecule has 3 atom stereocenters. The van der Waals surface area contributed by atoms with Gasteiger partial charge in [0, 0.05) is 24.5 Å². The Morgan fingerprint density at radius 2 is 1.66 bits per heavy atom. The maximum Gasteiger partial charge on any atom is 0.407 e. The predicted molar refractivity (Wildman–Crippen MR) is 215 cm³/mol. The van der Waals surface area contributed by atoms with E-state index in [0.29, 0.717) is 13.1 Å². The molecule has 3 aliphatic heterocycles. The van der Waals surface area contributed by atoms with E-state index in [0.717, 1.165) is 75.9 Å². The molecular formula is C43H52F3N5O6S. The summed E-state index contributed by atoms with van der Waals surface area (Å²) in [5.41, 5.74) is -0.868. The number of hydrogen-bond donors (Lipinski definition) is 2. The van der Waals surface area contributed by atoms with Crippen LogP contribution in [0.1, 0.15) is 44.1 Å². The van der Waals surface area contributed by atoms with E-state index >= 15 is 13.2 Å². The van der Waals surface area contributed by atoms with Crippen LogP contribution in [-0.2, 0) is 24.8 Å². The zero-order valence-electron chi connectivity index (χ0n) is 33.0. The molecule has 2 N–H and O–H groups in total. The number of nitrogens with one attached hydrogen (secondary N) is 2. The van der Waals surface area contributed by atoms with Gasteiger partial charge in [-0.25, -0.2) is 26.4 Å². The van der Waals surface area contributed by atoms with Gasteiger partial charge in [-0.05, 0) is 130 Å². The standard InChI is InChI=1S/C43H52F3N5O6S/c1-4-40(52)47-37-24-33(13-15-39(37)56-2)58(54,55)32-12-14-38(35(45)23-32)51-26-42(46,27-51)25-50-20-16-29(17-21-50)43(28-49-18-7-19-49,30-8-5-9-31(44)22-30)34-10-6-11-36(34)48-41(53)57-3/h4-5,8-9,12-15,22-24,29,34,36H,1,6-7,10-11,16-21,25-28H2,2-3H3,(H,47,52)(H,48,53)/t34-,36-,43-/m0/s1. The van der Waals surface area contributed by atoms with Gasteiger partial charge in [-0.1, -0.05) is 25.1 Å². The van der Waals surface area contributed by atoms with Crippen LogP contribution in [0.4, 0.5) is 29.3 Å². The van der Waals surface area contributed by atoms with Crippen LogP contribution in [0.5, 0.6) is 5.75 Å². The molecule has 0 aromatic heterocycles. The number of likely N-dealkylation sites (tertiary alicyclic amines) is 2. The van der Waals surface area contributed by atoms with Crippen molar-refractivity contribution < 1.29 is 40.7 Å². The highest BCUT2D eigenvalue weighted by Crippen LogP contribution is 2.52. The second kappa shape index (κ2) is 16.9. The summed E-state index contributed by atoms with van der Waals surface area (Å²) < 4.78 is 84.2. The van der Waals surface area contributed by atoms with Crippen LogP contribution in [-0.4, -0.2) is 109 Å². The van der Waals surface area contributed by atoms with E-state index in [1.807, 2.05) is 6.07 Å². The van der Waals surface area contributed by atoms with Crippen molar-refractivity contribution in [3.05, 3.63) is 90.5 Å². The third kappa shape index (κ3) is 8.30. The molecule has 58 heavy (non-hydrogen) atoms. The summed E-state index contributed by atoms with van der Waals surface area (Å²) in [7, 11) is -1.46. The summed E-state index contributed by atoms with van der Waals surface area (Å²) in [6.07, 6.45) is 5.87. The van der Waals surface area contributed by atoms with Crippen LogP contribution in [0.3, 0.4) is 0 Å². The van der Waals surface area contributed by atoms with Gasteiger partial charge in [0.05, 0.1) is 48.5 Å². The number of carbonyl (C=O) groups is 2. The van der Waals surface area contributed by atoms with Crippen LogP contribution in [0.15, 0.2) is 83.1 Å². The zero-order chi connectivity index (χ0) is 41.2. The normalized spacial score (nSPS) is 22.3. The Morgan fingerprint density at radius 3 is 2.29 bits per heavy atom. The van der Waals surface area contributed by atoms with Gasteiger partial charge in [-0.2, -0.15) is 0 Å². The van der Waals surface area contributed by atoms with Gasteiger partial charge in [-0.3, -0.25) is 9.69 Å². The molecule has 3 saturated heterocycles. The van der Waals surface area contributed by atoms with Crippen molar-refractivity contribution >= 4 is 33.2 Å². The summed E-state index contributed by atoms with van der Waals surface area (Å²) >= 11 is 0. The van der Waals surface area contributed by atoms with Crippen molar-refractivity contribution in [2.24, 2.45) is 11.8 Å². The van der Waals surface area contributed by atoms with Crippen molar-refractivity contribution in [2.75, 3.05) is 76.8 Å². The molecule has 4 aliphatic rings. The number of hydrogen-bond acceptors (Lipinski definition) is 9. The monoisotopic (exact) mass is 823 g/mol. The van der Waals surface area contributed by atoms with Gasteiger partial charge in [0.1, 0.15) is 17.4 Å². The molecule has 3 aromatic carbocycles. The smallest absolute Gasteiger partial charge is 0.407 e. The van der Waals surface area contributed by atoms with Crippen molar-refractivity contribution in [1.29, 1.82) is 0 Å². The zero-order valence-corrected chi connectivity index (χ0v) is 33.8. The average molecular weight is 824 g/mol. The van der Waals surface area contributed by atoms with Crippen LogP contribution in [0.25, 0.3) is 0 Å². The first-order valence-corrected chi connectivity index (χ1v) is 21.4. The number of halogens is 3. The van der Waals surface area contributed by atoms with Gasteiger partial charge >= 0.3 is 6.09 Å². The first-order chi connectivity index (χ1) is 27.8. The molecule has 312 valence electrons. The number of alkyl halides is 1. The highest BCUT2D eigenvalue weighted by Gasteiger charge is 2.54. The summed E-state index contributed by atoms with van der Waals surface area (Å²) in [5.74, 6) is -1.19. The average Bonchev–Trinajstić information content (AvgIpc) is 3.65. The number of benzene rings is 3. The SMILES string of the molecule is C=CC(=O)Nc1cc(S(=O)(=O)c2ccc(N3CC(F)(CN4CCC([C@@](CN5CCC5)(c5cccc(F)c5)[C@H]5CCC[C@@H]5NC(=O)OC)CC4)C3)c(F)c2)ccc1OC. The molecular weight excluding hydrogens is 772 g/mol. The number of anilines is 2. The van der Waals surface area contributed by atoms with Crippen molar-refractivity contribution in [3.8, 4) is 5.75 Å². The second-order valence-corrected chi connectivity index (χ2v) is 18.1. The Balaban J connectivity index is 1.03. The molecule has 1 saturated carbocycles. The lowest BCUT2D eigenvalue weighted by atomic mass is 9.57. The van der Waals surface area contributed by atoms with E-state index in [1.54, 1.807) is 17.0 Å². The number of ether oxygens (including phenoxy) is 2. The number of piperidine rings is 1. The molecule has 0 radical (unpaired) electrons. The largest absolute Gasteiger partial charge is 0.495 e. The summed E-state index contributed by atoms with van der Waals surface area (Å²) in [4.78, 5) is 30.1. The topological polar surface area (TPSA) is 121 Å². The Kier molecular flexibility index (Phi) is 12.1. The minimum Gasteiger partial charge on any atom is -0.495 e. The second-order valence-electron chi connectivity index (χ2n) is 16.2. The molecule has 11 nitrogen and oxygen atoms in total. The van der Waals surface area contributed by atoms with Crippen LogP contribution in [0.2, 0.25) is 0 Å². The molecule has 15 heteroatoms. The summed E-state index contributed by atoms with van der Waals surface area (Å²) in [6.45, 7) is 7.45. The molecule has 4 fully saturated rings. The quantitative estimate of drug-likeness (QED) is 0.180. The minimum absolute atomic E-state index is 0.0497. The maximum atomic E-state index is 16.3. The van der Waals surface area contributed by atoms with Crippen molar-refractivity contribution in [3.63, 3.8) is 0 Å². The number of rotatable bonds is 14. The first kappa shape index (κ1) is 41.6. The van der Waals surface area contributed by atoms with Crippen LogP contribution in [0, 0.1) is 23.5 Å². The van der Waals surface area contributed by atoms with Gasteiger partial charge in [0.15, 0.2) is 5.67 Å². The number of carbonyl (C=O) groups excluding carboxylic acids is 2. The lowest BCUT2D eigenvalue weighted by Gasteiger charge is -2.54. The van der Waals surface area contributed by atoms with Crippen molar-refractivity contribution in [2.45, 2.75) is 65.4 Å². The fourth-order valence-corrected chi connectivity index (χ4v) is 11.1.